The van der Waals surface area contributed by atoms with Crippen LogP contribution in [0.5, 0.6) is 0 Å². The van der Waals surface area contributed by atoms with Crippen molar-refractivity contribution in [3.8, 4) is 0 Å². The van der Waals surface area contributed by atoms with E-state index in [2.05, 4.69) is 15.4 Å². The molecule has 1 saturated carbocycles. The van der Waals surface area contributed by atoms with Crippen LogP contribution in [-0.4, -0.2) is 37.9 Å². The molecule has 128 valence electrons. The highest BCUT2D eigenvalue weighted by molar-refractivity contribution is 5.96. The van der Waals surface area contributed by atoms with E-state index in [1.54, 1.807) is 18.5 Å². The number of amides is 1. The van der Waals surface area contributed by atoms with Crippen LogP contribution in [0.4, 0.5) is 0 Å². The summed E-state index contributed by atoms with van der Waals surface area (Å²) in [6, 6.07) is 11.8. The molecule has 0 saturated heterocycles. The quantitative estimate of drug-likeness (QED) is 0.748. The Morgan fingerprint density at radius 2 is 2.04 bits per heavy atom. The number of hydrogen-bond acceptors (Lipinski definition) is 4. The van der Waals surface area contributed by atoms with E-state index in [0.717, 1.165) is 35.9 Å². The number of hydrogen-bond donors (Lipinski definition) is 2. The van der Waals surface area contributed by atoms with Crippen molar-refractivity contribution >= 4 is 16.9 Å². The molecule has 1 amide bonds. The normalized spacial score (nSPS) is 15.7. The monoisotopic (exact) mass is 336 g/mol. The van der Waals surface area contributed by atoms with Gasteiger partial charge in [0.25, 0.3) is 5.91 Å². The lowest BCUT2D eigenvalue weighted by Crippen LogP contribution is -2.47. The molecule has 4 rings (SSSR count). The number of aliphatic hydroxyl groups is 1. The summed E-state index contributed by atoms with van der Waals surface area (Å²) >= 11 is 0. The maximum Gasteiger partial charge on any atom is 0.252 e. The molecule has 0 radical (unpaired) electrons. The second kappa shape index (κ2) is 6.29. The molecule has 6 nitrogen and oxygen atoms in total. The molecule has 0 unspecified atom stereocenters. The van der Waals surface area contributed by atoms with Gasteiger partial charge >= 0.3 is 0 Å². The van der Waals surface area contributed by atoms with Gasteiger partial charge in [0.15, 0.2) is 5.65 Å². The Kier molecular flexibility index (Phi) is 3.97. The number of carbonyl (C=O) groups excluding carboxylic acids is 1. The fourth-order valence-electron chi connectivity index (χ4n) is 3.08. The molecule has 0 bridgehead atoms. The number of benzene rings is 1. The van der Waals surface area contributed by atoms with E-state index in [1.807, 2.05) is 35.0 Å². The average Bonchev–Trinajstić information content (AvgIpc) is 3.01. The van der Waals surface area contributed by atoms with Gasteiger partial charge in [-0.05, 0) is 30.9 Å². The van der Waals surface area contributed by atoms with E-state index < -0.39 is 5.60 Å². The highest BCUT2D eigenvalue weighted by Gasteiger charge is 2.34. The Balaban J connectivity index is 1.50. The lowest BCUT2D eigenvalue weighted by molar-refractivity contribution is -0.0300. The molecular formula is C19H20N4O2. The summed E-state index contributed by atoms with van der Waals surface area (Å²) < 4.78 is 1.82. The third kappa shape index (κ3) is 3.25. The fourth-order valence-corrected chi connectivity index (χ4v) is 3.08. The number of carbonyl (C=O) groups is 1. The van der Waals surface area contributed by atoms with Gasteiger partial charge in [0, 0.05) is 18.1 Å². The van der Waals surface area contributed by atoms with Crippen LogP contribution in [0.1, 0.15) is 35.2 Å². The Morgan fingerprint density at radius 1 is 1.24 bits per heavy atom. The molecule has 1 aliphatic carbocycles. The molecule has 2 heterocycles. The number of rotatable bonds is 5. The van der Waals surface area contributed by atoms with Gasteiger partial charge in [-0.3, -0.25) is 4.79 Å². The van der Waals surface area contributed by atoms with Gasteiger partial charge in [-0.1, -0.05) is 30.3 Å². The van der Waals surface area contributed by atoms with Gasteiger partial charge in [-0.25, -0.2) is 9.67 Å². The van der Waals surface area contributed by atoms with Gasteiger partial charge < -0.3 is 10.4 Å². The Hall–Kier alpha value is -2.73. The Bertz CT molecular complexity index is 900. The number of nitrogens with one attached hydrogen (secondary N) is 1. The molecular weight excluding hydrogens is 316 g/mol. The third-order valence-electron chi connectivity index (χ3n) is 4.78. The van der Waals surface area contributed by atoms with Crippen molar-refractivity contribution in [2.75, 3.05) is 6.54 Å². The van der Waals surface area contributed by atoms with Crippen molar-refractivity contribution in [2.45, 2.75) is 31.4 Å². The summed E-state index contributed by atoms with van der Waals surface area (Å²) in [6.45, 7) is 0.924. The van der Waals surface area contributed by atoms with Gasteiger partial charge in [-0.2, -0.15) is 5.10 Å². The third-order valence-corrected chi connectivity index (χ3v) is 4.78. The van der Waals surface area contributed by atoms with Crippen LogP contribution in [-0.2, 0) is 6.54 Å². The largest absolute Gasteiger partial charge is 0.388 e. The molecule has 1 fully saturated rings. The fraction of sp³-hybridized carbons (Fsp3) is 0.316. The van der Waals surface area contributed by atoms with Crippen molar-refractivity contribution in [2.24, 2.45) is 0 Å². The lowest BCUT2D eigenvalue weighted by atomic mass is 9.80. The standard InChI is InChI=1S/C19H20N4O2/c24-18(21-13-19(25)7-4-8-19)16-9-15-11-22-23(17(15)20-10-16)12-14-5-2-1-3-6-14/h1-3,5-6,9-11,25H,4,7-8,12-13H2,(H,21,24). The minimum Gasteiger partial charge on any atom is -0.388 e. The molecule has 0 aliphatic heterocycles. The Labute approximate surface area is 145 Å². The maximum absolute atomic E-state index is 12.3. The van der Waals surface area contributed by atoms with Gasteiger partial charge in [0.2, 0.25) is 0 Å². The summed E-state index contributed by atoms with van der Waals surface area (Å²) in [6.07, 6.45) is 5.79. The zero-order valence-electron chi connectivity index (χ0n) is 13.9. The van der Waals surface area contributed by atoms with Crippen molar-refractivity contribution in [1.29, 1.82) is 0 Å². The van der Waals surface area contributed by atoms with Crippen LogP contribution in [0.3, 0.4) is 0 Å². The van der Waals surface area contributed by atoms with Gasteiger partial charge in [-0.15, -0.1) is 0 Å². The molecule has 2 aromatic heterocycles. The average molecular weight is 336 g/mol. The second-order valence-electron chi connectivity index (χ2n) is 6.69. The zero-order chi connectivity index (χ0) is 17.3. The Morgan fingerprint density at radius 3 is 2.76 bits per heavy atom. The van der Waals surface area contributed by atoms with Crippen molar-refractivity contribution in [3.63, 3.8) is 0 Å². The minimum atomic E-state index is -0.728. The van der Waals surface area contributed by atoms with E-state index in [0.29, 0.717) is 12.1 Å². The van der Waals surface area contributed by atoms with Crippen LogP contribution in [0.25, 0.3) is 11.0 Å². The van der Waals surface area contributed by atoms with Crippen molar-refractivity contribution in [3.05, 3.63) is 59.9 Å². The van der Waals surface area contributed by atoms with E-state index in [4.69, 9.17) is 0 Å². The first-order chi connectivity index (χ1) is 12.1. The first-order valence-electron chi connectivity index (χ1n) is 8.49. The van der Waals surface area contributed by atoms with Gasteiger partial charge in [0.05, 0.1) is 23.9 Å². The predicted molar refractivity (Wildman–Crippen MR) is 94.2 cm³/mol. The molecule has 2 N–H and O–H groups in total. The lowest BCUT2D eigenvalue weighted by Gasteiger charge is -2.36. The van der Waals surface area contributed by atoms with Crippen LogP contribution in [0, 0.1) is 0 Å². The van der Waals surface area contributed by atoms with Gasteiger partial charge in [0.1, 0.15) is 0 Å². The molecule has 25 heavy (non-hydrogen) atoms. The zero-order valence-corrected chi connectivity index (χ0v) is 13.9. The number of pyridine rings is 1. The van der Waals surface area contributed by atoms with Crippen molar-refractivity contribution in [1.82, 2.24) is 20.1 Å². The first kappa shape index (κ1) is 15.8. The van der Waals surface area contributed by atoms with E-state index in [-0.39, 0.29) is 12.5 Å². The van der Waals surface area contributed by atoms with E-state index in [1.165, 1.54) is 0 Å². The SMILES string of the molecule is O=C(NCC1(O)CCC1)c1cnc2c(cnn2Cc2ccccc2)c1. The topological polar surface area (TPSA) is 80.0 Å². The maximum atomic E-state index is 12.3. The summed E-state index contributed by atoms with van der Waals surface area (Å²) in [5.41, 5.74) is 1.64. The second-order valence-corrected chi connectivity index (χ2v) is 6.69. The number of fused-ring (bicyclic) bond motifs is 1. The first-order valence-corrected chi connectivity index (χ1v) is 8.49. The molecule has 0 spiro atoms. The summed E-state index contributed by atoms with van der Waals surface area (Å²) in [7, 11) is 0. The smallest absolute Gasteiger partial charge is 0.252 e. The number of nitrogens with zero attached hydrogens (tertiary/aromatic N) is 3. The minimum absolute atomic E-state index is 0.217. The predicted octanol–water partition coefficient (Wildman–Crippen LogP) is 2.12. The van der Waals surface area contributed by atoms with Crippen LogP contribution < -0.4 is 5.32 Å². The molecule has 6 heteroatoms. The molecule has 1 aliphatic rings. The molecule has 1 aromatic carbocycles. The van der Waals surface area contributed by atoms with Crippen molar-refractivity contribution < 1.29 is 9.90 Å². The number of aromatic nitrogens is 3. The summed E-state index contributed by atoms with van der Waals surface area (Å²) in [5.74, 6) is -0.217. The summed E-state index contributed by atoms with van der Waals surface area (Å²) in [4.78, 5) is 16.7. The van der Waals surface area contributed by atoms with Crippen LogP contribution >= 0.6 is 0 Å². The van der Waals surface area contributed by atoms with E-state index >= 15 is 0 Å². The van der Waals surface area contributed by atoms with E-state index in [9.17, 15) is 9.90 Å². The molecule has 0 atom stereocenters. The van der Waals surface area contributed by atoms with Crippen LogP contribution in [0.2, 0.25) is 0 Å². The molecule has 3 aromatic rings. The highest BCUT2D eigenvalue weighted by atomic mass is 16.3. The van der Waals surface area contributed by atoms with Crippen LogP contribution in [0.15, 0.2) is 48.8 Å². The summed E-state index contributed by atoms with van der Waals surface area (Å²) in [5, 5.41) is 18.1. The highest BCUT2D eigenvalue weighted by Crippen LogP contribution is 2.30.